The van der Waals surface area contributed by atoms with E-state index in [1.54, 1.807) is 23.0 Å². The maximum atomic E-state index is 11.8. The zero-order chi connectivity index (χ0) is 16.9. The SMILES string of the molecule is O=C(NCc1cnn(-c2ccc(Cl)cc2)c1)NC[C@@H]1CCC[C@@H]1O. The van der Waals surface area contributed by atoms with Crippen molar-refractivity contribution in [2.24, 2.45) is 5.92 Å². The molecule has 0 saturated heterocycles. The van der Waals surface area contributed by atoms with Crippen LogP contribution in [0.2, 0.25) is 5.02 Å². The number of aliphatic hydroxyl groups excluding tert-OH is 1. The van der Waals surface area contributed by atoms with Gasteiger partial charge in [0.1, 0.15) is 0 Å². The number of carbonyl (C=O) groups excluding carboxylic acids is 1. The van der Waals surface area contributed by atoms with Crippen molar-refractivity contribution in [2.75, 3.05) is 6.54 Å². The Morgan fingerprint density at radius 1 is 1.29 bits per heavy atom. The molecule has 0 spiro atoms. The molecule has 1 saturated carbocycles. The molecule has 0 aliphatic heterocycles. The predicted octanol–water partition coefficient (Wildman–Crippen LogP) is 2.49. The molecule has 2 atom stereocenters. The van der Waals surface area contributed by atoms with Gasteiger partial charge in [-0.15, -0.1) is 0 Å². The van der Waals surface area contributed by atoms with E-state index in [9.17, 15) is 9.90 Å². The van der Waals surface area contributed by atoms with Crippen molar-refractivity contribution in [3.8, 4) is 5.69 Å². The van der Waals surface area contributed by atoms with E-state index in [2.05, 4.69) is 15.7 Å². The van der Waals surface area contributed by atoms with Crippen molar-refractivity contribution in [2.45, 2.75) is 31.9 Å². The fourth-order valence-electron chi connectivity index (χ4n) is 2.91. The Balaban J connectivity index is 1.46. The van der Waals surface area contributed by atoms with Crippen molar-refractivity contribution >= 4 is 17.6 Å². The fourth-order valence-corrected chi connectivity index (χ4v) is 3.04. The summed E-state index contributed by atoms with van der Waals surface area (Å²) < 4.78 is 1.74. The third-order valence-electron chi connectivity index (χ3n) is 4.32. The van der Waals surface area contributed by atoms with Gasteiger partial charge in [-0.1, -0.05) is 18.0 Å². The largest absolute Gasteiger partial charge is 0.393 e. The molecule has 1 aliphatic rings. The molecule has 1 aromatic heterocycles. The first kappa shape index (κ1) is 16.8. The van der Waals surface area contributed by atoms with E-state index in [1.165, 1.54) is 0 Å². The normalized spacial score (nSPS) is 20.1. The Kier molecular flexibility index (Phi) is 5.37. The lowest BCUT2D eigenvalue weighted by atomic mass is 10.1. The van der Waals surface area contributed by atoms with Crippen molar-refractivity contribution in [3.63, 3.8) is 0 Å². The number of nitrogens with zero attached hydrogens (tertiary/aromatic N) is 2. The number of aliphatic hydroxyl groups is 1. The van der Waals surface area contributed by atoms with E-state index in [0.717, 1.165) is 30.5 Å². The van der Waals surface area contributed by atoms with Gasteiger partial charge in [-0.25, -0.2) is 9.48 Å². The molecule has 2 amide bonds. The lowest BCUT2D eigenvalue weighted by Crippen LogP contribution is -2.39. The van der Waals surface area contributed by atoms with E-state index < -0.39 is 0 Å². The number of benzene rings is 1. The molecule has 3 rings (SSSR count). The number of carbonyl (C=O) groups is 1. The van der Waals surface area contributed by atoms with Crippen molar-refractivity contribution in [1.82, 2.24) is 20.4 Å². The molecule has 24 heavy (non-hydrogen) atoms. The van der Waals surface area contributed by atoms with E-state index in [-0.39, 0.29) is 18.1 Å². The third-order valence-corrected chi connectivity index (χ3v) is 4.58. The van der Waals surface area contributed by atoms with E-state index >= 15 is 0 Å². The third kappa shape index (κ3) is 4.27. The van der Waals surface area contributed by atoms with Crippen LogP contribution in [0, 0.1) is 5.92 Å². The quantitative estimate of drug-likeness (QED) is 0.776. The number of halogens is 1. The number of hydrogen-bond donors (Lipinski definition) is 3. The number of aromatic nitrogens is 2. The highest BCUT2D eigenvalue weighted by Gasteiger charge is 2.25. The molecule has 0 unspecified atom stereocenters. The Bertz CT molecular complexity index is 686. The molecule has 2 aromatic rings. The first-order chi connectivity index (χ1) is 11.6. The molecule has 6 nitrogen and oxygen atoms in total. The second-order valence-electron chi connectivity index (χ2n) is 6.09. The van der Waals surface area contributed by atoms with Crippen LogP contribution in [0.3, 0.4) is 0 Å². The van der Waals surface area contributed by atoms with Crippen LogP contribution in [-0.4, -0.2) is 33.6 Å². The monoisotopic (exact) mass is 348 g/mol. The van der Waals surface area contributed by atoms with Crippen LogP contribution in [0.5, 0.6) is 0 Å². The number of urea groups is 1. The minimum atomic E-state index is -0.289. The molecule has 0 bridgehead atoms. The molecule has 1 aliphatic carbocycles. The molecule has 1 heterocycles. The van der Waals surface area contributed by atoms with Gasteiger partial charge in [0.2, 0.25) is 0 Å². The van der Waals surface area contributed by atoms with E-state index in [1.807, 2.05) is 18.3 Å². The van der Waals surface area contributed by atoms with Crippen molar-refractivity contribution < 1.29 is 9.90 Å². The molecule has 1 aromatic carbocycles. The van der Waals surface area contributed by atoms with Gasteiger partial charge in [0.25, 0.3) is 0 Å². The highest BCUT2D eigenvalue weighted by Crippen LogP contribution is 2.24. The summed E-state index contributed by atoms with van der Waals surface area (Å²) >= 11 is 5.87. The zero-order valence-electron chi connectivity index (χ0n) is 13.3. The summed E-state index contributed by atoms with van der Waals surface area (Å²) in [6, 6.07) is 7.15. The molecule has 3 N–H and O–H groups in total. The van der Waals surface area contributed by atoms with Crippen LogP contribution in [0.4, 0.5) is 4.79 Å². The molecule has 7 heteroatoms. The lowest BCUT2D eigenvalue weighted by Gasteiger charge is -2.15. The van der Waals surface area contributed by atoms with Crippen LogP contribution < -0.4 is 10.6 Å². The standard InChI is InChI=1S/C17H21ClN4O2/c18-14-4-6-15(7-5-14)22-11-12(9-21-22)8-19-17(24)20-10-13-2-1-3-16(13)23/h4-7,9,11,13,16,23H,1-3,8,10H2,(H2,19,20,24)/t13-,16-/m0/s1. The lowest BCUT2D eigenvalue weighted by molar-refractivity contribution is 0.132. The first-order valence-corrected chi connectivity index (χ1v) is 8.49. The maximum absolute atomic E-state index is 11.8. The second kappa shape index (κ2) is 7.68. The summed E-state index contributed by atoms with van der Waals surface area (Å²) in [5, 5.41) is 20.3. The number of hydrogen-bond acceptors (Lipinski definition) is 3. The summed E-state index contributed by atoms with van der Waals surface area (Å²) in [7, 11) is 0. The van der Waals surface area contributed by atoms with Crippen LogP contribution in [0.15, 0.2) is 36.7 Å². The van der Waals surface area contributed by atoms with E-state index in [0.29, 0.717) is 18.1 Å². The molecule has 0 radical (unpaired) electrons. The van der Waals surface area contributed by atoms with Gasteiger partial charge in [0, 0.05) is 35.8 Å². The Morgan fingerprint density at radius 2 is 2.08 bits per heavy atom. The molecular formula is C17H21ClN4O2. The Morgan fingerprint density at radius 3 is 2.79 bits per heavy atom. The van der Waals surface area contributed by atoms with Gasteiger partial charge in [-0.05, 0) is 37.1 Å². The first-order valence-electron chi connectivity index (χ1n) is 8.11. The highest BCUT2D eigenvalue weighted by atomic mass is 35.5. The van der Waals surface area contributed by atoms with Crippen LogP contribution in [0.25, 0.3) is 5.69 Å². The minimum Gasteiger partial charge on any atom is -0.393 e. The van der Waals surface area contributed by atoms with Gasteiger partial charge in [-0.3, -0.25) is 0 Å². The Labute approximate surface area is 145 Å². The minimum absolute atomic E-state index is 0.170. The average Bonchev–Trinajstić information content (AvgIpc) is 3.21. The van der Waals surface area contributed by atoms with Gasteiger partial charge in [0.05, 0.1) is 18.0 Å². The van der Waals surface area contributed by atoms with Gasteiger partial charge in [-0.2, -0.15) is 5.10 Å². The van der Waals surface area contributed by atoms with E-state index in [4.69, 9.17) is 11.6 Å². The molecule has 128 valence electrons. The van der Waals surface area contributed by atoms with Crippen molar-refractivity contribution in [3.05, 3.63) is 47.2 Å². The topological polar surface area (TPSA) is 79.2 Å². The summed E-state index contributed by atoms with van der Waals surface area (Å²) in [4.78, 5) is 11.8. The smallest absolute Gasteiger partial charge is 0.315 e. The summed E-state index contributed by atoms with van der Waals surface area (Å²) in [6.07, 6.45) is 6.12. The van der Waals surface area contributed by atoms with Crippen LogP contribution in [-0.2, 0) is 6.54 Å². The van der Waals surface area contributed by atoms with Crippen molar-refractivity contribution in [1.29, 1.82) is 0 Å². The number of rotatable bonds is 5. The van der Waals surface area contributed by atoms with Crippen LogP contribution >= 0.6 is 11.6 Å². The number of nitrogens with one attached hydrogen (secondary N) is 2. The maximum Gasteiger partial charge on any atom is 0.315 e. The average molecular weight is 349 g/mol. The van der Waals surface area contributed by atoms with Gasteiger partial charge >= 0.3 is 6.03 Å². The van der Waals surface area contributed by atoms with Gasteiger partial charge < -0.3 is 15.7 Å². The summed E-state index contributed by atoms with van der Waals surface area (Å²) in [6.45, 7) is 0.906. The second-order valence-corrected chi connectivity index (χ2v) is 6.53. The summed E-state index contributed by atoms with van der Waals surface area (Å²) in [5.41, 5.74) is 1.81. The van der Waals surface area contributed by atoms with Crippen LogP contribution in [0.1, 0.15) is 24.8 Å². The molecule has 1 fully saturated rings. The Hall–Kier alpha value is -2.05. The number of amides is 2. The fraction of sp³-hybridized carbons (Fsp3) is 0.412. The van der Waals surface area contributed by atoms with Gasteiger partial charge in [0.15, 0.2) is 0 Å². The summed E-state index contributed by atoms with van der Waals surface area (Å²) in [5.74, 6) is 0.170. The zero-order valence-corrected chi connectivity index (χ0v) is 14.0. The predicted molar refractivity (Wildman–Crippen MR) is 92.2 cm³/mol. The molecular weight excluding hydrogens is 328 g/mol. The highest BCUT2D eigenvalue weighted by molar-refractivity contribution is 6.30.